The number of likely N-dealkylation sites (tertiary alicyclic amines) is 1. The van der Waals surface area contributed by atoms with Gasteiger partial charge in [-0.15, -0.1) is 0 Å². The van der Waals surface area contributed by atoms with E-state index in [1.807, 2.05) is 26.0 Å². The Hall–Kier alpha value is -3.28. The summed E-state index contributed by atoms with van der Waals surface area (Å²) in [5, 5.41) is 12.5. The van der Waals surface area contributed by atoms with Gasteiger partial charge in [0.2, 0.25) is 5.91 Å². The van der Waals surface area contributed by atoms with Gasteiger partial charge in [-0.3, -0.25) is 4.79 Å². The number of hydrogen-bond acceptors (Lipinski definition) is 3. The van der Waals surface area contributed by atoms with Crippen molar-refractivity contribution in [1.29, 1.82) is 0 Å². The molecule has 0 radical (unpaired) electrons. The molecular formula is C30H37F6N3O3. The topological polar surface area (TPSA) is 72.9 Å². The van der Waals surface area contributed by atoms with Gasteiger partial charge >= 0.3 is 18.4 Å². The Bertz CT molecular complexity index is 1210. The molecule has 1 aliphatic heterocycles. The fourth-order valence-corrected chi connectivity index (χ4v) is 5.42. The lowest BCUT2D eigenvalue weighted by Gasteiger charge is -2.36. The largest absolute Gasteiger partial charge is 0.416 e. The van der Waals surface area contributed by atoms with E-state index in [2.05, 4.69) is 5.32 Å². The number of amides is 3. The van der Waals surface area contributed by atoms with Crippen molar-refractivity contribution < 1.29 is 41.0 Å². The van der Waals surface area contributed by atoms with Gasteiger partial charge in [-0.25, -0.2) is 4.79 Å². The van der Waals surface area contributed by atoms with Crippen molar-refractivity contribution in [1.82, 2.24) is 15.1 Å². The molecule has 1 heterocycles. The van der Waals surface area contributed by atoms with Crippen molar-refractivity contribution >= 4 is 11.9 Å². The van der Waals surface area contributed by atoms with Crippen LogP contribution in [0.2, 0.25) is 0 Å². The molecule has 0 spiro atoms. The van der Waals surface area contributed by atoms with Crippen LogP contribution in [0.5, 0.6) is 0 Å². The van der Waals surface area contributed by atoms with Crippen LogP contribution in [0, 0.1) is 5.92 Å². The van der Waals surface area contributed by atoms with Crippen LogP contribution in [-0.4, -0.2) is 65.7 Å². The van der Waals surface area contributed by atoms with Crippen LogP contribution >= 0.6 is 0 Å². The number of nitrogens with one attached hydrogen (secondary N) is 1. The summed E-state index contributed by atoms with van der Waals surface area (Å²) < 4.78 is 81.3. The van der Waals surface area contributed by atoms with Gasteiger partial charge in [0.05, 0.1) is 35.2 Å². The molecule has 1 unspecified atom stereocenters. The van der Waals surface area contributed by atoms with Crippen molar-refractivity contribution in [2.24, 2.45) is 5.92 Å². The molecule has 232 valence electrons. The molecule has 6 nitrogen and oxygen atoms in total. The maximum atomic E-state index is 13.9. The first-order valence-electron chi connectivity index (χ1n) is 13.6. The lowest BCUT2D eigenvalue weighted by Crippen LogP contribution is -2.50. The van der Waals surface area contributed by atoms with Crippen LogP contribution in [0.25, 0.3) is 0 Å². The zero-order valence-electron chi connectivity index (χ0n) is 24.2. The monoisotopic (exact) mass is 601 g/mol. The molecule has 0 aliphatic carbocycles. The Balaban J connectivity index is 1.96. The highest BCUT2D eigenvalue weighted by atomic mass is 19.4. The predicted octanol–water partition coefficient (Wildman–Crippen LogP) is 6.04. The van der Waals surface area contributed by atoms with E-state index in [0.717, 1.165) is 5.56 Å². The van der Waals surface area contributed by atoms with Gasteiger partial charge in [0.25, 0.3) is 0 Å². The summed E-state index contributed by atoms with van der Waals surface area (Å²) in [6, 6.07) is 8.71. The van der Waals surface area contributed by atoms with Crippen molar-refractivity contribution in [2.75, 3.05) is 26.7 Å². The van der Waals surface area contributed by atoms with Crippen LogP contribution in [0.15, 0.2) is 48.5 Å². The third-order valence-electron chi connectivity index (χ3n) is 7.77. The number of aliphatic hydroxyl groups excluding tert-OH is 1. The predicted molar refractivity (Wildman–Crippen MR) is 146 cm³/mol. The molecule has 3 rings (SSSR count). The van der Waals surface area contributed by atoms with Crippen LogP contribution in [0.1, 0.15) is 62.3 Å². The normalized spacial score (nSPS) is 18.7. The first-order chi connectivity index (χ1) is 19.4. The molecule has 42 heavy (non-hydrogen) atoms. The van der Waals surface area contributed by atoms with Gasteiger partial charge in [-0.1, -0.05) is 44.2 Å². The van der Waals surface area contributed by atoms with E-state index in [-0.39, 0.29) is 37.6 Å². The second-order valence-electron chi connectivity index (χ2n) is 11.8. The summed E-state index contributed by atoms with van der Waals surface area (Å²) in [4.78, 5) is 29.9. The van der Waals surface area contributed by atoms with Crippen molar-refractivity contribution in [3.8, 4) is 0 Å². The van der Waals surface area contributed by atoms with E-state index in [1.165, 1.54) is 30.7 Å². The second-order valence-corrected chi connectivity index (χ2v) is 11.8. The first-order valence-corrected chi connectivity index (χ1v) is 13.6. The molecule has 2 aromatic carbocycles. The molecule has 2 aromatic rings. The number of nitrogens with zero attached hydrogens (tertiary/aromatic N) is 2. The van der Waals surface area contributed by atoms with Gasteiger partial charge in [0, 0.05) is 26.1 Å². The Morgan fingerprint density at radius 1 is 0.952 bits per heavy atom. The van der Waals surface area contributed by atoms with E-state index in [0.29, 0.717) is 18.6 Å². The number of rotatable bonds is 8. The standard InChI is InChI=1S/C30H37F6N3O3/c1-18(2)11-23(17-40)37-27(42)39-15-24(19-9-7-6-8-10-19)25(16-39)38(5)26(41)28(3,4)20-12-21(29(31,32)33)14-22(13-20)30(34,35)36/h6-10,12-14,18,23-25,40H,11,15-17H2,1-5H3,(H,37,42)/t23?,24-,25+/m0/s1. The highest BCUT2D eigenvalue weighted by Gasteiger charge is 2.45. The number of carbonyl (C=O) groups excluding carboxylic acids is 2. The minimum atomic E-state index is -5.05. The molecule has 1 fully saturated rings. The third-order valence-corrected chi connectivity index (χ3v) is 7.77. The van der Waals surface area contributed by atoms with E-state index in [4.69, 9.17) is 0 Å². The summed E-state index contributed by atoms with van der Waals surface area (Å²) in [5.74, 6) is -0.867. The lowest BCUT2D eigenvalue weighted by molar-refractivity contribution is -0.144. The molecule has 12 heteroatoms. The number of likely N-dealkylation sites (N-methyl/N-ethyl adjacent to an activating group) is 1. The average Bonchev–Trinajstić information content (AvgIpc) is 3.36. The smallest absolute Gasteiger partial charge is 0.394 e. The minimum Gasteiger partial charge on any atom is -0.394 e. The third kappa shape index (κ3) is 7.56. The molecule has 2 N–H and O–H groups in total. The maximum Gasteiger partial charge on any atom is 0.416 e. The highest BCUT2D eigenvalue weighted by molar-refractivity contribution is 5.88. The molecule has 3 amide bonds. The fraction of sp³-hybridized carbons (Fsp3) is 0.533. The van der Waals surface area contributed by atoms with Crippen LogP contribution in [0.4, 0.5) is 31.1 Å². The summed E-state index contributed by atoms with van der Waals surface area (Å²) >= 11 is 0. The maximum absolute atomic E-state index is 13.9. The van der Waals surface area contributed by atoms with Crippen molar-refractivity contribution in [2.45, 2.75) is 69.9 Å². The van der Waals surface area contributed by atoms with Crippen LogP contribution < -0.4 is 5.32 Å². The fourth-order valence-electron chi connectivity index (χ4n) is 5.42. The van der Waals surface area contributed by atoms with Gasteiger partial charge in [0.1, 0.15) is 0 Å². The lowest BCUT2D eigenvalue weighted by atomic mass is 9.80. The number of benzene rings is 2. The molecule has 1 saturated heterocycles. The Morgan fingerprint density at radius 2 is 1.48 bits per heavy atom. The van der Waals surface area contributed by atoms with E-state index in [9.17, 15) is 41.0 Å². The molecule has 3 atom stereocenters. The Labute approximate surface area is 241 Å². The van der Waals surface area contributed by atoms with E-state index < -0.39 is 58.5 Å². The quantitative estimate of drug-likeness (QED) is 0.362. The number of alkyl halides is 6. The second kappa shape index (κ2) is 12.5. The molecular weight excluding hydrogens is 564 g/mol. The van der Waals surface area contributed by atoms with Crippen LogP contribution in [0.3, 0.4) is 0 Å². The number of carbonyl (C=O) groups is 2. The SMILES string of the molecule is CC(C)CC(CO)NC(=O)N1C[C@@H](N(C)C(=O)C(C)(C)c2cc(C(F)(F)F)cc(C(F)(F)F)c2)[C@H](c2ccccc2)C1. The molecule has 0 saturated carbocycles. The molecule has 0 aromatic heterocycles. The van der Waals surface area contributed by atoms with Crippen molar-refractivity contribution in [3.63, 3.8) is 0 Å². The van der Waals surface area contributed by atoms with Crippen LogP contribution in [-0.2, 0) is 22.6 Å². The average molecular weight is 602 g/mol. The summed E-state index contributed by atoms with van der Waals surface area (Å²) in [6.07, 6.45) is -9.56. The summed E-state index contributed by atoms with van der Waals surface area (Å²) in [5.41, 5.74) is -4.38. The first kappa shape index (κ1) is 33.2. The van der Waals surface area contributed by atoms with Gasteiger partial charge in [-0.2, -0.15) is 26.3 Å². The number of urea groups is 1. The zero-order chi connectivity index (χ0) is 31.6. The molecule has 1 aliphatic rings. The Kier molecular flexibility index (Phi) is 9.91. The highest BCUT2D eigenvalue weighted by Crippen LogP contribution is 2.40. The number of hydrogen-bond donors (Lipinski definition) is 2. The van der Waals surface area contributed by atoms with E-state index in [1.54, 1.807) is 18.2 Å². The summed E-state index contributed by atoms with van der Waals surface area (Å²) in [6.45, 7) is 6.51. The van der Waals surface area contributed by atoms with E-state index >= 15 is 0 Å². The Morgan fingerprint density at radius 3 is 1.95 bits per heavy atom. The van der Waals surface area contributed by atoms with Gasteiger partial charge in [0.15, 0.2) is 0 Å². The summed E-state index contributed by atoms with van der Waals surface area (Å²) in [7, 11) is 1.44. The molecule has 0 bridgehead atoms. The number of halogens is 6. The minimum absolute atomic E-state index is 0.0333. The van der Waals surface area contributed by atoms with Gasteiger partial charge in [-0.05, 0) is 55.5 Å². The van der Waals surface area contributed by atoms with Crippen molar-refractivity contribution in [3.05, 3.63) is 70.8 Å². The number of aliphatic hydroxyl groups is 1. The van der Waals surface area contributed by atoms with Gasteiger partial charge < -0.3 is 20.2 Å². The zero-order valence-corrected chi connectivity index (χ0v) is 24.2.